The minimum atomic E-state index is -0.110. The summed E-state index contributed by atoms with van der Waals surface area (Å²) in [5, 5.41) is 15.5. The smallest absolute Gasteiger partial charge is 0.234 e. The van der Waals surface area contributed by atoms with Crippen LogP contribution in [-0.4, -0.2) is 40.6 Å². The van der Waals surface area contributed by atoms with E-state index >= 15 is 0 Å². The van der Waals surface area contributed by atoms with Crippen molar-refractivity contribution in [3.8, 4) is 0 Å². The number of hydrogen-bond donors (Lipinski definition) is 1. The van der Waals surface area contributed by atoms with E-state index in [9.17, 15) is 4.79 Å². The van der Waals surface area contributed by atoms with Gasteiger partial charge < -0.3 is 5.32 Å². The first-order valence-electron chi connectivity index (χ1n) is 7.73. The lowest BCUT2D eigenvalue weighted by Crippen LogP contribution is -2.15. The largest absolute Gasteiger partial charge is 0.323 e. The molecule has 1 aliphatic rings. The number of anilines is 1. The molecule has 3 aromatic rings. The number of benzene rings is 1. The Labute approximate surface area is 146 Å². The number of tetrazole rings is 1. The Morgan fingerprint density at radius 3 is 3.08 bits per heavy atom. The Balaban J connectivity index is 1.40. The second-order valence-electron chi connectivity index (χ2n) is 5.62. The molecule has 0 spiro atoms. The third-order valence-electron chi connectivity index (χ3n) is 4.03. The summed E-state index contributed by atoms with van der Waals surface area (Å²) in [6, 6.07) is 5.92. The van der Waals surface area contributed by atoms with Crippen LogP contribution in [0, 0.1) is 0 Å². The van der Waals surface area contributed by atoms with Crippen LogP contribution >= 0.6 is 23.5 Å². The van der Waals surface area contributed by atoms with E-state index in [4.69, 9.17) is 0 Å². The molecule has 0 radical (unpaired) electrons. The van der Waals surface area contributed by atoms with Crippen molar-refractivity contribution in [2.45, 2.75) is 36.9 Å². The molecule has 1 amide bonds. The highest BCUT2D eigenvalue weighted by molar-refractivity contribution is 7.99. The molecule has 1 N–H and O–H groups in total. The van der Waals surface area contributed by atoms with E-state index in [0.29, 0.717) is 16.9 Å². The first kappa shape index (κ1) is 15.5. The topological polar surface area (TPSA) is 98.5 Å². The number of carbonyl (C=O) groups excluding carboxylic acids is 1. The van der Waals surface area contributed by atoms with Crippen LogP contribution in [0.5, 0.6) is 0 Å². The number of nitrogens with zero attached hydrogens (tertiary/aromatic N) is 6. The normalized spacial score (nSPS) is 15.2. The first-order valence-corrected chi connectivity index (χ1v) is 9.44. The predicted octanol–water partition coefficient (Wildman–Crippen LogP) is 2.52. The molecule has 124 valence electrons. The second-order valence-corrected chi connectivity index (χ2v) is 7.09. The van der Waals surface area contributed by atoms with Crippen LogP contribution in [0.2, 0.25) is 0 Å². The van der Waals surface area contributed by atoms with E-state index in [-0.39, 0.29) is 11.7 Å². The molecule has 0 bridgehead atoms. The zero-order chi connectivity index (χ0) is 16.4. The summed E-state index contributed by atoms with van der Waals surface area (Å²) in [6.45, 7) is 0. The quantitative estimate of drug-likeness (QED) is 0.697. The molecule has 1 fully saturated rings. The zero-order valence-electron chi connectivity index (χ0n) is 12.8. The van der Waals surface area contributed by atoms with Gasteiger partial charge >= 0.3 is 0 Å². The van der Waals surface area contributed by atoms with Gasteiger partial charge in [0.2, 0.25) is 11.1 Å². The van der Waals surface area contributed by atoms with Crippen molar-refractivity contribution in [3.05, 3.63) is 18.2 Å². The fraction of sp³-hybridized carbons (Fsp3) is 0.429. The highest BCUT2D eigenvalue weighted by atomic mass is 32.2. The third kappa shape index (κ3) is 3.11. The van der Waals surface area contributed by atoms with Gasteiger partial charge in [0, 0.05) is 0 Å². The molecule has 10 heteroatoms. The average molecular weight is 361 g/mol. The average Bonchev–Trinajstić information content (AvgIpc) is 3.32. The summed E-state index contributed by atoms with van der Waals surface area (Å²) in [6.07, 6.45) is 4.62. The van der Waals surface area contributed by atoms with Crippen molar-refractivity contribution >= 4 is 46.1 Å². The molecule has 0 unspecified atom stereocenters. The van der Waals surface area contributed by atoms with E-state index in [1.807, 2.05) is 22.9 Å². The van der Waals surface area contributed by atoms with Crippen molar-refractivity contribution in [1.29, 1.82) is 0 Å². The van der Waals surface area contributed by atoms with Gasteiger partial charge in [-0.05, 0) is 35.4 Å². The summed E-state index contributed by atoms with van der Waals surface area (Å²) in [5.74, 6) is 0.141. The van der Waals surface area contributed by atoms with Crippen molar-refractivity contribution in [2.75, 3.05) is 11.1 Å². The van der Waals surface area contributed by atoms with Gasteiger partial charge in [-0.1, -0.05) is 30.7 Å². The van der Waals surface area contributed by atoms with Gasteiger partial charge in [0.15, 0.2) is 0 Å². The van der Waals surface area contributed by atoms with E-state index in [0.717, 1.165) is 35.6 Å². The molecular formula is C14H15N7OS2. The molecule has 2 aromatic heterocycles. The Morgan fingerprint density at radius 2 is 2.21 bits per heavy atom. The van der Waals surface area contributed by atoms with Gasteiger partial charge in [-0.3, -0.25) is 4.79 Å². The lowest BCUT2D eigenvalue weighted by Gasteiger charge is -2.10. The van der Waals surface area contributed by atoms with Gasteiger partial charge in [-0.15, -0.1) is 5.10 Å². The van der Waals surface area contributed by atoms with Gasteiger partial charge in [-0.2, -0.15) is 8.75 Å². The van der Waals surface area contributed by atoms with Crippen LogP contribution in [0.15, 0.2) is 23.4 Å². The standard InChI is InChI=1S/C14H15N7OS2/c22-12(15-10-6-3-7-11-13(10)18-24-17-11)8-23-14-16-19-20-21(14)9-4-1-2-5-9/h3,6-7,9H,1-2,4-5,8H2,(H,15,22). The van der Waals surface area contributed by atoms with Crippen LogP contribution in [0.1, 0.15) is 31.7 Å². The summed E-state index contributed by atoms with van der Waals surface area (Å²) < 4.78 is 10.3. The first-order chi connectivity index (χ1) is 11.8. The Morgan fingerprint density at radius 1 is 1.33 bits per heavy atom. The number of fused-ring (bicyclic) bond motifs is 1. The maximum atomic E-state index is 12.3. The van der Waals surface area contributed by atoms with Crippen molar-refractivity contribution in [1.82, 2.24) is 29.0 Å². The highest BCUT2D eigenvalue weighted by Crippen LogP contribution is 2.31. The third-order valence-corrected chi connectivity index (χ3v) is 5.50. The van der Waals surface area contributed by atoms with Crippen LogP contribution in [0.3, 0.4) is 0 Å². The highest BCUT2D eigenvalue weighted by Gasteiger charge is 2.22. The Kier molecular flexibility index (Phi) is 4.39. The van der Waals surface area contributed by atoms with Crippen molar-refractivity contribution in [2.24, 2.45) is 0 Å². The molecule has 0 atom stereocenters. The van der Waals surface area contributed by atoms with E-state index in [1.165, 1.54) is 24.6 Å². The minimum absolute atomic E-state index is 0.110. The number of aromatic nitrogens is 6. The SMILES string of the molecule is O=C(CSc1nnnn1C1CCCC1)Nc1cccc2nsnc12. The maximum Gasteiger partial charge on any atom is 0.234 e. The maximum absolute atomic E-state index is 12.3. The van der Waals surface area contributed by atoms with E-state index in [2.05, 4.69) is 29.6 Å². The number of carbonyl (C=O) groups is 1. The molecule has 24 heavy (non-hydrogen) atoms. The number of hydrogen-bond acceptors (Lipinski definition) is 8. The molecule has 4 rings (SSSR count). The van der Waals surface area contributed by atoms with Gasteiger partial charge in [0.1, 0.15) is 11.0 Å². The monoisotopic (exact) mass is 361 g/mol. The number of rotatable bonds is 5. The fourth-order valence-corrected chi connectivity index (χ4v) is 4.18. The Hall–Kier alpha value is -2.07. The van der Waals surface area contributed by atoms with Crippen molar-refractivity contribution in [3.63, 3.8) is 0 Å². The molecule has 1 aliphatic carbocycles. The molecule has 1 saturated carbocycles. The predicted molar refractivity (Wildman–Crippen MR) is 92.1 cm³/mol. The number of nitrogens with one attached hydrogen (secondary N) is 1. The number of thioether (sulfide) groups is 1. The van der Waals surface area contributed by atoms with Gasteiger partial charge in [-0.25, -0.2) is 4.68 Å². The summed E-state index contributed by atoms with van der Waals surface area (Å²) in [5.41, 5.74) is 2.19. The van der Waals surface area contributed by atoms with E-state index in [1.54, 1.807) is 0 Å². The van der Waals surface area contributed by atoms with Crippen LogP contribution in [-0.2, 0) is 4.79 Å². The van der Waals surface area contributed by atoms with Crippen LogP contribution in [0.4, 0.5) is 5.69 Å². The summed E-state index contributed by atoms with van der Waals surface area (Å²) in [4.78, 5) is 12.3. The van der Waals surface area contributed by atoms with Gasteiger partial charge in [0.05, 0.1) is 29.2 Å². The number of amides is 1. The summed E-state index contributed by atoms with van der Waals surface area (Å²) >= 11 is 2.49. The molecule has 8 nitrogen and oxygen atoms in total. The Bertz CT molecular complexity index is 856. The molecular weight excluding hydrogens is 346 g/mol. The molecule has 0 aliphatic heterocycles. The second kappa shape index (κ2) is 6.81. The molecule has 1 aromatic carbocycles. The molecule has 2 heterocycles. The minimum Gasteiger partial charge on any atom is -0.323 e. The van der Waals surface area contributed by atoms with E-state index < -0.39 is 0 Å². The lowest BCUT2D eigenvalue weighted by molar-refractivity contribution is -0.113. The molecule has 0 saturated heterocycles. The lowest BCUT2D eigenvalue weighted by atomic mass is 10.2. The fourth-order valence-electron chi connectivity index (χ4n) is 2.88. The zero-order valence-corrected chi connectivity index (χ0v) is 14.4. The van der Waals surface area contributed by atoms with Crippen molar-refractivity contribution < 1.29 is 4.79 Å². The summed E-state index contributed by atoms with van der Waals surface area (Å²) in [7, 11) is 0. The van der Waals surface area contributed by atoms with Crippen LogP contribution < -0.4 is 5.32 Å². The van der Waals surface area contributed by atoms with Gasteiger partial charge in [0.25, 0.3) is 0 Å². The van der Waals surface area contributed by atoms with Crippen LogP contribution in [0.25, 0.3) is 11.0 Å².